The number of phenols is 1. The molecule has 5 heteroatoms. The van der Waals surface area contributed by atoms with E-state index in [-0.39, 0.29) is 10.0 Å². The second kappa shape index (κ2) is 3.96. The molecule has 0 radical (unpaired) electrons. The van der Waals surface area contributed by atoms with E-state index in [2.05, 4.69) is 15.9 Å². The van der Waals surface area contributed by atoms with Gasteiger partial charge in [-0.25, -0.2) is 4.39 Å². The minimum Gasteiger partial charge on any atom is -0.504 e. The Kier molecular flexibility index (Phi) is 2.92. The third-order valence-electron chi connectivity index (χ3n) is 3.17. The lowest BCUT2D eigenvalue weighted by molar-refractivity contribution is 0.378. The van der Waals surface area contributed by atoms with Crippen molar-refractivity contribution < 1.29 is 13.9 Å². The molecule has 1 saturated carbocycles. The van der Waals surface area contributed by atoms with E-state index in [4.69, 9.17) is 5.73 Å². The summed E-state index contributed by atoms with van der Waals surface area (Å²) in [5.41, 5.74) is 5.40. The Morgan fingerprint density at radius 2 is 1.81 bits per heavy atom. The Morgan fingerprint density at radius 1 is 1.25 bits per heavy atom. The maximum atomic E-state index is 13.7. The molecule has 0 heterocycles. The molecule has 2 rings (SSSR count). The van der Waals surface area contributed by atoms with Gasteiger partial charge in [-0.1, -0.05) is 12.8 Å². The lowest BCUT2D eigenvalue weighted by atomic mass is 9.89. The van der Waals surface area contributed by atoms with E-state index in [9.17, 15) is 13.9 Å². The first-order valence-corrected chi connectivity index (χ1v) is 5.91. The van der Waals surface area contributed by atoms with Crippen LogP contribution >= 0.6 is 15.9 Å². The van der Waals surface area contributed by atoms with Crippen molar-refractivity contribution in [2.45, 2.75) is 31.2 Å². The van der Waals surface area contributed by atoms with E-state index in [0.717, 1.165) is 12.8 Å². The SMILES string of the molecule is NC1(c2cc(Br)c(O)c(F)c2F)CCCC1. The highest BCUT2D eigenvalue weighted by Gasteiger charge is 2.35. The second-order valence-electron chi connectivity index (χ2n) is 4.25. The first-order chi connectivity index (χ1) is 7.46. The normalized spacial score (nSPS) is 19.0. The number of aromatic hydroxyl groups is 1. The fraction of sp³-hybridized carbons (Fsp3) is 0.455. The molecule has 0 aromatic heterocycles. The van der Waals surface area contributed by atoms with Gasteiger partial charge in [-0.15, -0.1) is 0 Å². The van der Waals surface area contributed by atoms with Crippen molar-refractivity contribution in [1.82, 2.24) is 0 Å². The number of nitrogens with two attached hydrogens (primary N) is 1. The van der Waals surface area contributed by atoms with Gasteiger partial charge in [-0.3, -0.25) is 0 Å². The van der Waals surface area contributed by atoms with E-state index in [1.165, 1.54) is 6.07 Å². The zero-order valence-electron chi connectivity index (χ0n) is 8.56. The van der Waals surface area contributed by atoms with E-state index in [1.54, 1.807) is 0 Å². The third kappa shape index (κ3) is 1.72. The van der Waals surface area contributed by atoms with Crippen molar-refractivity contribution in [3.05, 3.63) is 27.7 Å². The molecule has 0 aliphatic heterocycles. The molecule has 1 aliphatic carbocycles. The Balaban J connectivity index is 2.57. The summed E-state index contributed by atoms with van der Waals surface area (Å²) in [6, 6.07) is 1.37. The van der Waals surface area contributed by atoms with Crippen LogP contribution in [0.5, 0.6) is 5.75 Å². The Labute approximate surface area is 101 Å². The lowest BCUT2D eigenvalue weighted by Gasteiger charge is -2.25. The molecule has 3 N–H and O–H groups in total. The molecule has 1 aromatic rings. The predicted octanol–water partition coefficient (Wildman–Crippen LogP) is 3.16. The van der Waals surface area contributed by atoms with Crippen LogP contribution in [-0.2, 0) is 5.54 Å². The Morgan fingerprint density at radius 3 is 2.38 bits per heavy atom. The minimum absolute atomic E-state index is 0.137. The summed E-state index contributed by atoms with van der Waals surface area (Å²) in [5, 5.41) is 9.24. The van der Waals surface area contributed by atoms with Crippen molar-refractivity contribution in [1.29, 1.82) is 0 Å². The van der Waals surface area contributed by atoms with E-state index in [1.807, 2.05) is 0 Å². The van der Waals surface area contributed by atoms with Gasteiger partial charge in [-0.05, 0) is 34.8 Å². The molecule has 0 saturated heterocycles. The van der Waals surface area contributed by atoms with Crippen molar-refractivity contribution in [2.24, 2.45) is 5.73 Å². The molecule has 0 amide bonds. The molecule has 1 aliphatic rings. The number of hydrogen-bond acceptors (Lipinski definition) is 2. The summed E-state index contributed by atoms with van der Waals surface area (Å²) in [6.07, 6.45) is 3.10. The van der Waals surface area contributed by atoms with E-state index < -0.39 is 22.9 Å². The Hall–Kier alpha value is -0.680. The van der Waals surface area contributed by atoms with Crippen molar-refractivity contribution in [3.63, 3.8) is 0 Å². The van der Waals surface area contributed by atoms with E-state index in [0.29, 0.717) is 12.8 Å². The van der Waals surface area contributed by atoms with Crippen LogP contribution in [0.2, 0.25) is 0 Å². The highest BCUT2D eigenvalue weighted by Crippen LogP contribution is 2.41. The molecule has 0 bridgehead atoms. The van der Waals surface area contributed by atoms with Gasteiger partial charge in [0.15, 0.2) is 11.6 Å². The monoisotopic (exact) mass is 291 g/mol. The average molecular weight is 292 g/mol. The zero-order valence-corrected chi connectivity index (χ0v) is 10.2. The van der Waals surface area contributed by atoms with Gasteiger partial charge in [0.2, 0.25) is 5.82 Å². The zero-order chi connectivity index (χ0) is 11.9. The molecule has 1 aromatic carbocycles. The van der Waals surface area contributed by atoms with Gasteiger partial charge < -0.3 is 10.8 Å². The second-order valence-corrected chi connectivity index (χ2v) is 5.10. The molecule has 88 valence electrons. The van der Waals surface area contributed by atoms with Gasteiger partial charge in [0.25, 0.3) is 0 Å². The lowest BCUT2D eigenvalue weighted by Crippen LogP contribution is -2.34. The molecule has 1 fully saturated rings. The van der Waals surface area contributed by atoms with Crippen LogP contribution in [0.4, 0.5) is 8.78 Å². The smallest absolute Gasteiger partial charge is 0.201 e. The molecule has 2 nitrogen and oxygen atoms in total. The maximum absolute atomic E-state index is 13.7. The highest BCUT2D eigenvalue weighted by atomic mass is 79.9. The fourth-order valence-electron chi connectivity index (χ4n) is 2.22. The maximum Gasteiger partial charge on any atom is 0.201 e. The van der Waals surface area contributed by atoms with Crippen LogP contribution in [0.15, 0.2) is 10.5 Å². The van der Waals surface area contributed by atoms with Crippen LogP contribution in [0.25, 0.3) is 0 Å². The van der Waals surface area contributed by atoms with Crippen LogP contribution in [0.1, 0.15) is 31.2 Å². The summed E-state index contributed by atoms with van der Waals surface area (Å²) in [7, 11) is 0. The van der Waals surface area contributed by atoms with Gasteiger partial charge in [-0.2, -0.15) is 4.39 Å². The summed E-state index contributed by atoms with van der Waals surface area (Å²) in [4.78, 5) is 0. The number of phenolic OH excluding ortho intramolecular Hbond substituents is 1. The molecule has 16 heavy (non-hydrogen) atoms. The minimum atomic E-state index is -1.24. The first-order valence-electron chi connectivity index (χ1n) is 5.11. The number of hydrogen-bond donors (Lipinski definition) is 2. The summed E-state index contributed by atoms with van der Waals surface area (Å²) >= 11 is 2.99. The van der Waals surface area contributed by atoms with Crippen LogP contribution in [0.3, 0.4) is 0 Å². The van der Waals surface area contributed by atoms with Crippen LogP contribution in [0, 0.1) is 11.6 Å². The first kappa shape index (κ1) is 11.8. The van der Waals surface area contributed by atoms with E-state index >= 15 is 0 Å². The van der Waals surface area contributed by atoms with Gasteiger partial charge in [0.1, 0.15) is 0 Å². The number of benzene rings is 1. The average Bonchev–Trinajstić information content (AvgIpc) is 2.68. The third-order valence-corrected chi connectivity index (χ3v) is 3.77. The van der Waals surface area contributed by atoms with Gasteiger partial charge >= 0.3 is 0 Å². The summed E-state index contributed by atoms with van der Waals surface area (Å²) in [5.74, 6) is -2.98. The fourth-order valence-corrected chi connectivity index (χ4v) is 2.63. The van der Waals surface area contributed by atoms with Crippen LogP contribution in [-0.4, -0.2) is 5.11 Å². The van der Waals surface area contributed by atoms with Gasteiger partial charge in [0, 0.05) is 11.1 Å². The van der Waals surface area contributed by atoms with Crippen molar-refractivity contribution >= 4 is 15.9 Å². The largest absolute Gasteiger partial charge is 0.504 e. The van der Waals surface area contributed by atoms with Crippen molar-refractivity contribution in [2.75, 3.05) is 0 Å². The van der Waals surface area contributed by atoms with Gasteiger partial charge in [0.05, 0.1) is 4.47 Å². The molecular weight excluding hydrogens is 280 g/mol. The standard InChI is InChI=1S/C11H12BrF2NO/c12-7-5-6(8(13)9(14)10(7)16)11(15)3-1-2-4-11/h5,16H,1-4,15H2. The quantitative estimate of drug-likeness (QED) is 0.781. The van der Waals surface area contributed by atoms with Crippen LogP contribution < -0.4 is 5.73 Å². The molecule has 0 unspecified atom stereocenters. The summed E-state index contributed by atoms with van der Waals surface area (Å²) < 4.78 is 27.2. The summed E-state index contributed by atoms with van der Waals surface area (Å²) in [6.45, 7) is 0. The van der Waals surface area contributed by atoms with Crippen molar-refractivity contribution in [3.8, 4) is 5.75 Å². The molecule has 0 spiro atoms. The molecule has 0 atom stereocenters. The molecular formula is C11H12BrF2NO. The topological polar surface area (TPSA) is 46.2 Å². The Bertz CT molecular complexity index is 430. The highest BCUT2D eigenvalue weighted by molar-refractivity contribution is 9.10. The number of rotatable bonds is 1. The number of halogens is 3. The predicted molar refractivity (Wildman–Crippen MR) is 60.1 cm³/mol.